The van der Waals surface area contributed by atoms with Crippen LogP contribution in [0, 0.1) is 25.2 Å². The maximum Gasteiger partial charge on any atom is 0.227 e. The molecule has 5 nitrogen and oxygen atoms in total. The van der Waals surface area contributed by atoms with Gasteiger partial charge < -0.3 is 9.73 Å². The number of carbonyl (C=O) groups is 1. The summed E-state index contributed by atoms with van der Waals surface area (Å²) in [7, 11) is 0. The molecule has 1 aromatic carbocycles. The van der Waals surface area contributed by atoms with E-state index in [1.807, 2.05) is 25.1 Å². The Hall–Kier alpha value is -2.32. The van der Waals surface area contributed by atoms with Crippen LogP contribution in [0.5, 0.6) is 0 Å². The lowest BCUT2D eigenvalue weighted by Crippen LogP contribution is -2.38. The lowest BCUT2D eigenvalue weighted by Gasteiger charge is -2.29. The van der Waals surface area contributed by atoms with E-state index in [4.69, 9.17) is 10.8 Å². The van der Waals surface area contributed by atoms with Gasteiger partial charge in [-0.05, 0) is 44.1 Å². The van der Waals surface area contributed by atoms with E-state index in [1.54, 1.807) is 0 Å². The summed E-state index contributed by atoms with van der Waals surface area (Å²) >= 11 is 0. The molecule has 1 aliphatic rings. The van der Waals surface area contributed by atoms with E-state index in [2.05, 4.69) is 21.1 Å². The highest BCUT2D eigenvalue weighted by Crippen LogP contribution is 2.22. The normalized spacial score (nSPS) is 16.5. The molecular weight excluding hydrogens is 278 g/mol. The van der Waals surface area contributed by atoms with E-state index in [1.165, 1.54) is 0 Å². The lowest BCUT2D eigenvalue weighted by atomic mass is 9.96. The van der Waals surface area contributed by atoms with Crippen molar-refractivity contribution in [2.24, 2.45) is 5.92 Å². The number of carbonyl (C=O) groups excluding carboxylic acids is 1. The third kappa shape index (κ3) is 3.12. The molecule has 0 bridgehead atoms. The summed E-state index contributed by atoms with van der Waals surface area (Å²) in [5, 5.41) is 2.98. The molecule has 1 fully saturated rings. The van der Waals surface area contributed by atoms with Crippen molar-refractivity contribution in [1.82, 2.24) is 9.88 Å². The van der Waals surface area contributed by atoms with Crippen LogP contribution in [0.2, 0.25) is 0 Å². The molecule has 0 radical (unpaired) electrons. The molecular formula is C17H19N3O2. The van der Waals surface area contributed by atoms with Crippen molar-refractivity contribution >= 4 is 22.7 Å². The van der Waals surface area contributed by atoms with Crippen LogP contribution < -0.4 is 5.32 Å². The average molecular weight is 297 g/mol. The summed E-state index contributed by atoms with van der Waals surface area (Å²) in [5.41, 5.74) is 2.26. The molecule has 2 heterocycles. The molecule has 22 heavy (non-hydrogen) atoms. The molecule has 3 rings (SSSR count). The fourth-order valence-corrected chi connectivity index (χ4v) is 2.85. The van der Waals surface area contributed by atoms with E-state index in [9.17, 15) is 4.79 Å². The number of anilines is 1. The molecule has 2 aromatic rings. The Labute approximate surface area is 129 Å². The molecule has 1 amide bonds. The quantitative estimate of drug-likeness (QED) is 0.884. The molecule has 0 spiro atoms. The SMILES string of the molecule is C#CCN1CCC(C(=O)Nc2ccc3oc(C)nc3c2)CC1. The lowest BCUT2D eigenvalue weighted by molar-refractivity contribution is -0.121. The van der Waals surface area contributed by atoms with E-state index in [-0.39, 0.29) is 11.8 Å². The maximum atomic E-state index is 12.4. The molecule has 1 N–H and O–H groups in total. The van der Waals surface area contributed by atoms with Crippen molar-refractivity contribution < 1.29 is 9.21 Å². The van der Waals surface area contributed by atoms with Crippen LogP contribution in [0.4, 0.5) is 5.69 Å². The molecule has 5 heteroatoms. The molecule has 0 saturated carbocycles. The maximum absolute atomic E-state index is 12.4. The Balaban J connectivity index is 1.62. The first-order valence-electron chi connectivity index (χ1n) is 7.49. The molecule has 1 saturated heterocycles. The number of amides is 1. The van der Waals surface area contributed by atoms with Gasteiger partial charge in [-0.25, -0.2) is 4.98 Å². The second-order valence-corrected chi connectivity index (χ2v) is 5.66. The number of piperidine rings is 1. The van der Waals surface area contributed by atoms with Gasteiger partial charge in [0.15, 0.2) is 11.5 Å². The minimum Gasteiger partial charge on any atom is -0.441 e. The monoisotopic (exact) mass is 297 g/mol. The van der Waals surface area contributed by atoms with Gasteiger partial charge >= 0.3 is 0 Å². The number of terminal acetylenes is 1. The number of aryl methyl sites for hydroxylation is 1. The highest BCUT2D eigenvalue weighted by molar-refractivity contribution is 5.94. The number of oxazole rings is 1. The van der Waals surface area contributed by atoms with Crippen LogP contribution in [0.3, 0.4) is 0 Å². The highest BCUT2D eigenvalue weighted by atomic mass is 16.3. The fraction of sp³-hybridized carbons (Fsp3) is 0.412. The van der Waals surface area contributed by atoms with E-state index in [0.29, 0.717) is 12.4 Å². The first-order valence-corrected chi connectivity index (χ1v) is 7.49. The molecule has 1 aromatic heterocycles. The van der Waals surface area contributed by atoms with Gasteiger partial charge in [-0.15, -0.1) is 6.42 Å². The topological polar surface area (TPSA) is 58.4 Å². The van der Waals surface area contributed by atoms with E-state index in [0.717, 1.165) is 42.7 Å². The molecule has 1 aliphatic heterocycles. The van der Waals surface area contributed by atoms with Gasteiger partial charge in [-0.2, -0.15) is 0 Å². The minimum atomic E-state index is 0.0452. The standard InChI is InChI=1S/C17H19N3O2/c1-3-8-20-9-6-13(7-10-20)17(21)19-14-4-5-16-15(11-14)18-12(2)22-16/h1,4-5,11,13H,6-10H2,2H3,(H,19,21). The van der Waals surface area contributed by atoms with Gasteiger partial charge in [0.05, 0.1) is 6.54 Å². The van der Waals surface area contributed by atoms with Gasteiger partial charge in [0, 0.05) is 18.5 Å². The number of likely N-dealkylation sites (tertiary alicyclic amines) is 1. The number of nitrogens with zero attached hydrogens (tertiary/aromatic N) is 2. The summed E-state index contributed by atoms with van der Waals surface area (Å²) in [5.74, 6) is 3.39. The predicted octanol–water partition coefficient (Wildman–Crippen LogP) is 2.42. The van der Waals surface area contributed by atoms with Crippen molar-refractivity contribution in [2.45, 2.75) is 19.8 Å². The first-order chi connectivity index (χ1) is 10.7. The smallest absolute Gasteiger partial charge is 0.227 e. The minimum absolute atomic E-state index is 0.0452. The molecule has 0 aliphatic carbocycles. The third-order valence-corrected chi connectivity index (χ3v) is 4.04. The summed E-state index contributed by atoms with van der Waals surface area (Å²) in [6, 6.07) is 5.52. The zero-order chi connectivity index (χ0) is 15.5. The van der Waals surface area contributed by atoms with Crippen molar-refractivity contribution in [3.8, 4) is 12.3 Å². The first kappa shape index (κ1) is 14.6. The Morgan fingerprint density at radius 2 is 2.27 bits per heavy atom. The Morgan fingerprint density at radius 1 is 1.50 bits per heavy atom. The van der Waals surface area contributed by atoms with E-state index < -0.39 is 0 Å². The van der Waals surface area contributed by atoms with Crippen LogP contribution in [0.15, 0.2) is 22.6 Å². The Kier molecular flexibility index (Phi) is 4.12. The number of hydrogen-bond donors (Lipinski definition) is 1. The van der Waals surface area contributed by atoms with E-state index >= 15 is 0 Å². The van der Waals surface area contributed by atoms with Crippen molar-refractivity contribution in [2.75, 3.05) is 25.0 Å². The second kappa shape index (κ2) is 6.20. The van der Waals surface area contributed by atoms with Crippen molar-refractivity contribution in [3.05, 3.63) is 24.1 Å². The van der Waals surface area contributed by atoms with Crippen LogP contribution in [-0.2, 0) is 4.79 Å². The van der Waals surface area contributed by atoms with Crippen LogP contribution in [0.25, 0.3) is 11.1 Å². The molecule has 114 valence electrons. The fourth-order valence-electron chi connectivity index (χ4n) is 2.85. The van der Waals surface area contributed by atoms with Crippen LogP contribution >= 0.6 is 0 Å². The molecule has 0 unspecified atom stereocenters. The van der Waals surface area contributed by atoms with Crippen LogP contribution in [-0.4, -0.2) is 35.4 Å². The van der Waals surface area contributed by atoms with Gasteiger partial charge in [-0.3, -0.25) is 9.69 Å². The molecule has 0 atom stereocenters. The van der Waals surface area contributed by atoms with Gasteiger partial charge in [-0.1, -0.05) is 5.92 Å². The predicted molar refractivity (Wildman–Crippen MR) is 85.4 cm³/mol. The van der Waals surface area contributed by atoms with Crippen LogP contribution in [0.1, 0.15) is 18.7 Å². The number of fused-ring (bicyclic) bond motifs is 1. The van der Waals surface area contributed by atoms with Gasteiger partial charge in [0.25, 0.3) is 0 Å². The third-order valence-electron chi connectivity index (χ3n) is 4.04. The number of benzene rings is 1. The summed E-state index contributed by atoms with van der Waals surface area (Å²) in [6.45, 7) is 4.23. The van der Waals surface area contributed by atoms with Gasteiger partial charge in [0.1, 0.15) is 5.52 Å². The average Bonchev–Trinajstić information content (AvgIpc) is 2.87. The largest absolute Gasteiger partial charge is 0.441 e. The summed E-state index contributed by atoms with van der Waals surface area (Å²) in [6.07, 6.45) is 7.01. The highest BCUT2D eigenvalue weighted by Gasteiger charge is 2.24. The number of rotatable bonds is 3. The summed E-state index contributed by atoms with van der Waals surface area (Å²) < 4.78 is 5.43. The van der Waals surface area contributed by atoms with Crippen molar-refractivity contribution in [3.63, 3.8) is 0 Å². The Morgan fingerprint density at radius 3 is 3.00 bits per heavy atom. The second-order valence-electron chi connectivity index (χ2n) is 5.66. The zero-order valence-electron chi connectivity index (χ0n) is 12.6. The van der Waals surface area contributed by atoms with Gasteiger partial charge in [0.2, 0.25) is 5.91 Å². The summed E-state index contributed by atoms with van der Waals surface area (Å²) in [4.78, 5) is 18.8. The van der Waals surface area contributed by atoms with Crippen molar-refractivity contribution in [1.29, 1.82) is 0 Å². The zero-order valence-corrected chi connectivity index (χ0v) is 12.6. The Bertz CT molecular complexity index is 721. The number of aromatic nitrogens is 1. The number of nitrogens with one attached hydrogen (secondary N) is 1. The number of hydrogen-bond acceptors (Lipinski definition) is 4.